The average Bonchev–Trinajstić information content (AvgIpc) is 2.49. The maximum Gasteiger partial charge on any atom is 0.223 e. The van der Waals surface area contributed by atoms with Gasteiger partial charge < -0.3 is 4.90 Å². The van der Waals surface area contributed by atoms with Gasteiger partial charge in [0.15, 0.2) is 0 Å². The van der Waals surface area contributed by atoms with Crippen LogP contribution in [0.25, 0.3) is 0 Å². The molecule has 0 aromatic heterocycles. The van der Waals surface area contributed by atoms with Crippen LogP contribution in [-0.2, 0) is 4.79 Å². The fourth-order valence-corrected chi connectivity index (χ4v) is 2.26. The highest BCUT2D eigenvalue weighted by Gasteiger charge is 2.30. The van der Waals surface area contributed by atoms with Crippen molar-refractivity contribution in [1.29, 1.82) is 0 Å². The minimum absolute atomic E-state index is 0.358. The van der Waals surface area contributed by atoms with Crippen molar-refractivity contribution in [2.45, 2.75) is 53.0 Å². The van der Waals surface area contributed by atoms with E-state index in [4.69, 9.17) is 0 Å². The van der Waals surface area contributed by atoms with Crippen molar-refractivity contribution in [3.05, 3.63) is 0 Å². The van der Waals surface area contributed by atoms with Gasteiger partial charge in [-0.25, -0.2) is 0 Å². The number of carbonyl (C=O) groups excluding carboxylic acids is 1. The Morgan fingerprint density at radius 2 is 2.00 bits per heavy atom. The van der Waals surface area contributed by atoms with Crippen molar-refractivity contribution in [3.8, 4) is 0 Å². The lowest BCUT2D eigenvalue weighted by atomic mass is 10.0. The third-order valence-corrected chi connectivity index (χ3v) is 2.97. The zero-order chi connectivity index (χ0) is 10.7. The number of likely N-dealkylation sites (tertiary alicyclic amines) is 1. The number of hydrogen-bond donors (Lipinski definition) is 0. The number of hydrogen-bond acceptors (Lipinski definition) is 1. The van der Waals surface area contributed by atoms with E-state index in [-0.39, 0.29) is 0 Å². The average molecular weight is 197 g/mol. The normalized spacial score (nSPS) is 22.4. The van der Waals surface area contributed by atoms with Crippen molar-refractivity contribution in [3.63, 3.8) is 0 Å². The second-order valence-corrected chi connectivity index (χ2v) is 5.14. The summed E-state index contributed by atoms with van der Waals surface area (Å²) in [5.41, 5.74) is 0. The molecule has 1 rings (SSSR count). The van der Waals surface area contributed by atoms with E-state index in [0.717, 1.165) is 6.54 Å². The van der Waals surface area contributed by atoms with E-state index in [9.17, 15) is 4.79 Å². The second-order valence-electron chi connectivity index (χ2n) is 5.14. The number of rotatable bonds is 3. The van der Waals surface area contributed by atoms with Gasteiger partial charge in [-0.15, -0.1) is 0 Å². The first kappa shape index (κ1) is 11.5. The predicted molar refractivity (Wildman–Crippen MR) is 59.0 cm³/mol. The molecular formula is C12H23NO. The predicted octanol–water partition coefficient (Wildman–Crippen LogP) is 2.68. The van der Waals surface area contributed by atoms with Gasteiger partial charge in [0.05, 0.1) is 0 Å². The highest BCUT2D eigenvalue weighted by atomic mass is 16.2. The molecule has 2 nitrogen and oxygen atoms in total. The summed E-state index contributed by atoms with van der Waals surface area (Å²) in [5.74, 6) is 1.45. The van der Waals surface area contributed by atoms with Crippen LogP contribution in [0.2, 0.25) is 0 Å². The zero-order valence-electron chi connectivity index (χ0n) is 9.92. The molecule has 2 heteroatoms. The molecule has 14 heavy (non-hydrogen) atoms. The van der Waals surface area contributed by atoms with E-state index >= 15 is 0 Å². The Kier molecular flexibility index (Phi) is 3.97. The van der Waals surface area contributed by atoms with E-state index in [1.165, 1.54) is 12.8 Å². The van der Waals surface area contributed by atoms with Crippen LogP contribution in [0.3, 0.4) is 0 Å². The van der Waals surface area contributed by atoms with E-state index in [1.54, 1.807) is 0 Å². The van der Waals surface area contributed by atoms with Gasteiger partial charge in [0.1, 0.15) is 0 Å². The van der Waals surface area contributed by atoms with E-state index in [2.05, 4.69) is 32.6 Å². The van der Waals surface area contributed by atoms with Crippen molar-refractivity contribution >= 4 is 5.91 Å². The van der Waals surface area contributed by atoms with Gasteiger partial charge in [0.2, 0.25) is 5.91 Å². The Labute approximate surface area is 87.7 Å². The van der Waals surface area contributed by atoms with E-state index < -0.39 is 0 Å². The van der Waals surface area contributed by atoms with Crippen LogP contribution in [0.15, 0.2) is 0 Å². The van der Waals surface area contributed by atoms with Gasteiger partial charge in [-0.05, 0) is 24.7 Å². The van der Waals surface area contributed by atoms with E-state index in [0.29, 0.717) is 30.2 Å². The molecule has 1 fully saturated rings. The van der Waals surface area contributed by atoms with Crippen molar-refractivity contribution in [1.82, 2.24) is 4.90 Å². The molecule has 0 spiro atoms. The molecule has 82 valence electrons. The monoisotopic (exact) mass is 197 g/mol. The second kappa shape index (κ2) is 4.81. The molecule has 0 radical (unpaired) electrons. The highest BCUT2D eigenvalue weighted by molar-refractivity contribution is 5.77. The molecule has 0 N–H and O–H groups in total. The first-order valence-corrected chi connectivity index (χ1v) is 5.81. The van der Waals surface area contributed by atoms with Crippen LogP contribution >= 0.6 is 0 Å². The van der Waals surface area contributed by atoms with Crippen molar-refractivity contribution in [2.24, 2.45) is 11.8 Å². The van der Waals surface area contributed by atoms with Gasteiger partial charge in [0.25, 0.3) is 0 Å². The molecule has 1 aliphatic heterocycles. The molecule has 0 aromatic carbocycles. The number of carbonyl (C=O) groups is 1. The summed E-state index contributed by atoms with van der Waals surface area (Å²) in [6.07, 6.45) is 3.09. The largest absolute Gasteiger partial charge is 0.339 e. The smallest absolute Gasteiger partial charge is 0.223 e. The fraction of sp³-hybridized carbons (Fsp3) is 0.917. The van der Waals surface area contributed by atoms with Crippen LogP contribution in [0.5, 0.6) is 0 Å². The summed E-state index contributed by atoms with van der Waals surface area (Å²) in [4.78, 5) is 14.0. The van der Waals surface area contributed by atoms with E-state index in [1.807, 2.05) is 0 Å². The first-order valence-electron chi connectivity index (χ1n) is 5.81. The Hall–Kier alpha value is -0.530. The Balaban J connectivity index is 2.53. The van der Waals surface area contributed by atoms with Crippen molar-refractivity contribution in [2.75, 3.05) is 6.54 Å². The molecule has 1 atom stereocenters. The molecular weight excluding hydrogens is 174 g/mol. The van der Waals surface area contributed by atoms with Gasteiger partial charge in [-0.2, -0.15) is 0 Å². The van der Waals surface area contributed by atoms with Crippen LogP contribution in [0.4, 0.5) is 0 Å². The van der Waals surface area contributed by atoms with Crippen molar-refractivity contribution < 1.29 is 4.79 Å². The third kappa shape index (κ3) is 2.73. The zero-order valence-corrected chi connectivity index (χ0v) is 9.92. The fourth-order valence-electron chi connectivity index (χ4n) is 2.26. The summed E-state index contributed by atoms with van der Waals surface area (Å²) >= 11 is 0. The third-order valence-electron chi connectivity index (χ3n) is 2.97. The Bertz CT molecular complexity index is 198. The summed E-state index contributed by atoms with van der Waals surface area (Å²) < 4.78 is 0. The quantitative estimate of drug-likeness (QED) is 0.681. The Morgan fingerprint density at radius 1 is 1.36 bits per heavy atom. The molecule has 1 saturated heterocycles. The molecule has 1 amide bonds. The topological polar surface area (TPSA) is 20.3 Å². The molecule has 1 heterocycles. The maximum absolute atomic E-state index is 11.9. The van der Waals surface area contributed by atoms with Crippen LogP contribution in [0.1, 0.15) is 47.0 Å². The molecule has 1 unspecified atom stereocenters. The van der Waals surface area contributed by atoms with Gasteiger partial charge in [-0.1, -0.05) is 27.7 Å². The van der Waals surface area contributed by atoms with Gasteiger partial charge in [-0.3, -0.25) is 4.79 Å². The summed E-state index contributed by atoms with van der Waals surface area (Å²) in [5, 5.41) is 0. The summed E-state index contributed by atoms with van der Waals surface area (Å²) in [6.45, 7) is 9.63. The van der Waals surface area contributed by atoms with Gasteiger partial charge >= 0.3 is 0 Å². The van der Waals surface area contributed by atoms with Crippen LogP contribution in [0, 0.1) is 11.8 Å². The molecule has 0 saturated carbocycles. The van der Waals surface area contributed by atoms with Crippen LogP contribution in [-0.4, -0.2) is 23.4 Å². The number of amides is 1. The van der Waals surface area contributed by atoms with Crippen LogP contribution < -0.4 is 0 Å². The lowest BCUT2D eigenvalue weighted by molar-refractivity contribution is -0.133. The molecule has 0 aromatic rings. The Morgan fingerprint density at radius 3 is 2.50 bits per heavy atom. The highest BCUT2D eigenvalue weighted by Crippen LogP contribution is 2.24. The summed E-state index contributed by atoms with van der Waals surface area (Å²) in [6, 6.07) is 0.501. The van der Waals surface area contributed by atoms with Gasteiger partial charge in [0, 0.05) is 19.0 Å². The summed E-state index contributed by atoms with van der Waals surface area (Å²) in [7, 11) is 0. The molecule has 0 aliphatic carbocycles. The lowest BCUT2D eigenvalue weighted by Gasteiger charge is -2.28. The SMILES string of the molecule is CC(C)CC(=O)N1CCCC1C(C)C. The molecule has 0 bridgehead atoms. The molecule has 1 aliphatic rings. The number of nitrogens with zero attached hydrogens (tertiary/aromatic N) is 1. The first-order chi connectivity index (χ1) is 6.52. The maximum atomic E-state index is 11.9. The standard InChI is InChI=1S/C12H23NO/c1-9(2)8-12(14)13-7-5-6-11(13)10(3)4/h9-11H,5-8H2,1-4H3. The minimum atomic E-state index is 0.358. The minimum Gasteiger partial charge on any atom is -0.339 e. The lowest BCUT2D eigenvalue weighted by Crippen LogP contribution is -2.38.